The zero-order valence-corrected chi connectivity index (χ0v) is 11.2. The molecule has 0 unspecified atom stereocenters. The van der Waals surface area contributed by atoms with Crippen LogP contribution in [0.4, 0.5) is 4.39 Å². The van der Waals surface area contributed by atoms with Crippen LogP contribution in [-0.2, 0) is 0 Å². The summed E-state index contributed by atoms with van der Waals surface area (Å²) in [6.07, 6.45) is 3.77. The monoisotopic (exact) mass is 269 g/mol. The Kier molecular flexibility index (Phi) is 4.38. The fraction of sp³-hybridized carbons (Fsp3) is 0.0625. The van der Waals surface area contributed by atoms with E-state index < -0.39 is 0 Å². The van der Waals surface area contributed by atoms with Crippen LogP contribution >= 0.6 is 11.8 Å². The summed E-state index contributed by atoms with van der Waals surface area (Å²) in [4.78, 5) is 1.17. The maximum atomic E-state index is 13.2. The normalized spacial score (nSPS) is 11.1. The number of allylic oxidation sites excluding steroid dienone is 1. The first kappa shape index (κ1) is 13.4. The molecule has 2 aromatic rings. The standard InChI is InChI=1S/C16H12FNS/c1-19-16-7-5-12(6-8-16)9-14(11-18)13-3-2-4-15(17)10-13/h2-10H,1H3/b14-9-. The molecule has 0 aliphatic carbocycles. The van der Waals surface area contributed by atoms with Gasteiger partial charge in [0.2, 0.25) is 0 Å². The van der Waals surface area contributed by atoms with Crippen molar-refractivity contribution >= 4 is 23.4 Å². The van der Waals surface area contributed by atoms with Gasteiger partial charge >= 0.3 is 0 Å². The lowest BCUT2D eigenvalue weighted by Crippen LogP contribution is -1.84. The summed E-state index contributed by atoms with van der Waals surface area (Å²) in [6, 6.07) is 16.1. The first-order chi connectivity index (χ1) is 9.22. The van der Waals surface area contributed by atoms with Crippen LogP contribution < -0.4 is 0 Å². The molecule has 0 heterocycles. The van der Waals surface area contributed by atoms with Crippen molar-refractivity contribution in [2.24, 2.45) is 0 Å². The summed E-state index contributed by atoms with van der Waals surface area (Å²) >= 11 is 1.67. The van der Waals surface area contributed by atoms with Gasteiger partial charge < -0.3 is 0 Å². The lowest BCUT2D eigenvalue weighted by Gasteiger charge is -2.01. The Morgan fingerprint density at radius 3 is 2.53 bits per heavy atom. The van der Waals surface area contributed by atoms with E-state index in [0.29, 0.717) is 11.1 Å². The highest BCUT2D eigenvalue weighted by atomic mass is 32.2. The average molecular weight is 269 g/mol. The zero-order chi connectivity index (χ0) is 13.7. The van der Waals surface area contributed by atoms with E-state index in [1.807, 2.05) is 30.5 Å². The summed E-state index contributed by atoms with van der Waals surface area (Å²) in [5.74, 6) is -0.337. The molecule has 0 fully saturated rings. The molecule has 19 heavy (non-hydrogen) atoms. The molecule has 0 radical (unpaired) electrons. The molecule has 2 aromatic carbocycles. The molecule has 0 atom stereocenters. The Labute approximate surface area is 116 Å². The molecule has 0 aliphatic heterocycles. The third-order valence-corrected chi connectivity index (χ3v) is 3.43. The zero-order valence-electron chi connectivity index (χ0n) is 10.4. The molecular weight excluding hydrogens is 257 g/mol. The summed E-state index contributed by atoms with van der Waals surface area (Å²) in [5, 5.41) is 9.19. The molecule has 0 saturated carbocycles. The molecule has 1 nitrogen and oxygen atoms in total. The van der Waals surface area contributed by atoms with Gasteiger partial charge in [0.1, 0.15) is 5.82 Å². The van der Waals surface area contributed by atoms with E-state index in [-0.39, 0.29) is 5.82 Å². The highest BCUT2D eigenvalue weighted by Crippen LogP contribution is 2.20. The Morgan fingerprint density at radius 2 is 1.95 bits per heavy atom. The molecule has 0 aliphatic rings. The van der Waals surface area contributed by atoms with Gasteiger partial charge in [0.15, 0.2) is 0 Å². The van der Waals surface area contributed by atoms with Crippen molar-refractivity contribution in [2.45, 2.75) is 4.90 Å². The largest absolute Gasteiger partial charge is 0.207 e. The maximum absolute atomic E-state index is 13.2. The molecule has 3 heteroatoms. The lowest BCUT2D eigenvalue weighted by molar-refractivity contribution is 0.627. The summed E-state index contributed by atoms with van der Waals surface area (Å²) in [7, 11) is 0. The number of rotatable bonds is 3. The van der Waals surface area contributed by atoms with Crippen molar-refractivity contribution in [1.29, 1.82) is 5.26 Å². The van der Waals surface area contributed by atoms with E-state index in [2.05, 4.69) is 6.07 Å². The Balaban J connectivity index is 2.36. The van der Waals surface area contributed by atoms with Crippen molar-refractivity contribution in [3.63, 3.8) is 0 Å². The third-order valence-electron chi connectivity index (χ3n) is 2.68. The van der Waals surface area contributed by atoms with Crippen LogP contribution in [0.1, 0.15) is 11.1 Å². The Bertz CT molecular complexity index is 639. The average Bonchev–Trinajstić information content (AvgIpc) is 2.45. The molecule has 0 amide bonds. The van der Waals surface area contributed by atoms with Crippen molar-refractivity contribution < 1.29 is 4.39 Å². The SMILES string of the molecule is CSc1ccc(/C=C(/C#N)c2cccc(F)c2)cc1. The van der Waals surface area contributed by atoms with Crippen LogP contribution in [0.3, 0.4) is 0 Å². The highest BCUT2D eigenvalue weighted by molar-refractivity contribution is 7.98. The van der Waals surface area contributed by atoms with Crippen LogP contribution in [0.15, 0.2) is 53.4 Å². The summed E-state index contributed by atoms with van der Waals surface area (Å²) in [5.41, 5.74) is 1.98. The van der Waals surface area contributed by atoms with Crippen LogP contribution in [0, 0.1) is 17.1 Å². The molecule has 0 spiro atoms. The second kappa shape index (κ2) is 6.21. The lowest BCUT2D eigenvalue weighted by atomic mass is 10.0. The number of nitrogens with zero attached hydrogens (tertiary/aromatic N) is 1. The molecular formula is C16H12FNS. The first-order valence-electron chi connectivity index (χ1n) is 5.75. The van der Waals surface area contributed by atoms with E-state index in [1.54, 1.807) is 30.0 Å². The maximum Gasteiger partial charge on any atom is 0.123 e. The van der Waals surface area contributed by atoms with Gasteiger partial charge in [-0.05, 0) is 47.7 Å². The minimum atomic E-state index is -0.337. The molecule has 0 bridgehead atoms. The van der Waals surface area contributed by atoms with E-state index in [1.165, 1.54) is 17.0 Å². The van der Waals surface area contributed by atoms with Crippen molar-refractivity contribution in [3.05, 3.63) is 65.5 Å². The third kappa shape index (κ3) is 3.46. The topological polar surface area (TPSA) is 23.8 Å². The number of thioether (sulfide) groups is 1. The molecule has 0 saturated heterocycles. The molecule has 0 N–H and O–H groups in total. The number of hydrogen-bond acceptors (Lipinski definition) is 2. The summed E-state index contributed by atoms with van der Waals surface area (Å²) < 4.78 is 13.2. The second-order valence-corrected chi connectivity index (χ2v) is 4.83. The Hall–Kier alpha value is -2.05. The van der Waals surface area contributed by atoms with Crippen LogP contribution in [0.25, 0.3) is 11.6 Å². The number of hydrogen-bond donors (Lipinski definition) is 0. The quantitative estimate of drug-likeness (QED) is 0.461. The van der Waals surface area contributed by atoms with Gasteiger partial charge in [-0.1, -0.05) is 24.3 Å². The smallest absolute Gasteiger partial charge is 0.123 e. The van der Waals surface area contributed by atoms with E-state index in [9.17, 15) is 9.65 Å². The highest BCUT2D eigenvalue weighted by Gasteiger charge is 2.02. The molecule has 94 valence electrons. The van der Waals surface area contributed by atoms with Gasteiger partial charge in [0.05, 0.1) is 11.6 Å². The second-order valence-electron chi connectivity index (χ2n) is 3.95. The van der Waals surface area contributed by atoms with Crippen molar-refractivity contribution in [2.75, 3.05) is 6.26 Å². The van der Waals surface area contributed by atoms with Gasteiger partial charge in [0, 0.05) is 4.90 Å². The van der Waals surface area contributed by atoms with E-state index in [0.717, 1.165) is 5.56 Å². The van der Waals surface area contributed by atoms with Crippen molar-refractivity contribution in [3.8, 4) is 6.07 Å². The van der Waals surface area contributed by atoms with Crippen LogP contribution in [-0.4, -0.2) is 6.26 Å². The number of benzene rings is 2. The minimum Gasteiger partial charge on any atom is -0.207 e. The Morgan fingerprint density at radius 1 is 1.21 bits per heavy atom. The van der Waals surface area contributed by atoms with Crippen molar-refractivity contribution in [1.82, 2.24) is 0 Å². The van der Waals surface area contributed by atoms with Gasteiger partial charge in [-0.2, -0.15) is 5.26 Å². The molecule has 2 rings (SSSR count). The van der Waals surface area contributed by atoms with Gasteiger partial charge in [-0.3, -0.25) is 0 Å². The fourth-order valence-corrected chi connectivity index (χ4v) is 2.11. The molecule has 0 aromatic heterocycles. The minimum absolute atomic E-state index is 0.337. The predicted octanol–water partition coefficient (Wildman–Crippen LogP) is 4.61. The van der Waals surface area contributed by atoms with Crippen LogP contribution in [0.2, 0.25) is 0 Å². The van der Waals surface area contributed by atoms with E-state index in [4.69, 9.17) is 0 Å². The summed E-state index contributed by atoms with van der Waals surface area (Å²) in [6.45, 7) is 0. The van der Waals surface area contributed by atoms with Gasteiger partial charge in [-0.15, -0.1) is 11.8 Å². The van der Waals surface area contributed by atoms with Crippen LogP contribution in [0.5, 0.6) is 0 Å². The number of nitriles is 1. The number of halogens is 1. The van der Waals surface area contributed by atoms with E-state index >= 15 is 0 Å². The first-order valence-corrected chi connectivity index (χ1v) is 6.97. The predicted molar refractivity (Wildman–Crippen MR) is 78.1 cm³/mol. The fourth-order valence-electron chi connectivity index (χ4n) is 1.70. The van der Waals surface area contributed by atoms with Gasteiger partial charge in [-0.25, -0.2) is 4.39 Å². The van der Waals surface area contributed by atoms with Gasteiger partial charge in [0.25, 0.3) is 0 Å².